The molecule has 0 spiro atoms. The van der Waals surface area contributed by atoms with Crippen LogP contribution in [-0.4, -0.2) is 42.5 Å². The van der Waals surface area contributed by atoms with E-state index in [1.807, 2.05) is 6.07 Å². The maximum absolute atomic E-state index is 12.6. The predicted octanol–water partition coefficient (Wildman–Crippen LogP) is 3.69. The highest BCUT2D eigenvalue weighted by atomic mass is 32.1. The van der Waals surface area contributed by atoms with Gasteiger partial charge in [0, 0.05) is 25.3 Å². The SMILES string of the molecule is CCCCOc1ccccc1C(=O)NC(=S)Nc1cccc(C(=O)N(C)C)c1. The molecule has 0 unspecified atom stereocenters. The van der Waals surface area contributed by atoms with Crippen LogP contribution in [0.2, 0.25) is 0 Å². The number of benzene rings is 2. The number of anilines is 1. The van der Waals surface area contributed by atoms with Gasteiger partial charge >= 0.3 is 0 Å². The van der Waals surface area contributed by atoms with E-state index in [1.54, 1.807) is 56.6 Å². The second kappa shape index (κ2) is 10.4. The lowest BCUT2D eigenvalue weighted by molar-refractivity contribution is 0.0827. The maximum atomic E-state index is 12.6. The Kier molecular flexibility index (Phi) is 7.95. The summed E-state index contributed by atoms with van der Waals surface area (Å²) in [4.78, 5) is 26.2. The summed E-state index contributed by atoms with van der Waals surface area (Å²) >= 11 is 5.24. The van der Waals surface area contributed by atoms with Gasteiger partial charge in [-0.3, -0.25) is 14.9 Å². The van der Waals surface area contributed by atoms with Crippen LogP contribution in [0, 0.1) is 0 Å². The summed E-state index contributed by atoms with van der Waals surface area (Å²) in [6.45, 7) is 2.63. The summed E-state index contributed by atoms with van der Waals surface area (Å²) in [5.41, 5.74) is 1.56. The number of hydrogen-bond acceptors (Lipinski definition) is 4. The van der Waals surface area contributed by atoms with Crippen molar-refractivity contribution in [3.63, 3.8) is 0 Å². The number of ether oxygens (including phenoxy) is 1. The zero-order chi connectivity index (χ0) is 20.5. The fourth-order valence-electron chi connectivity index (χ4n) is 2.43. The van der Waals surface area contributed by atoms with Crippen molar-refractivity contribution in [1.29, 1.82) is 0 Å². The quantitative estimate of drug-likeness (QED) is 0.549. The van der Waals surface area contributed by atoms with Crippen molar-refractivity contribution in [3.8, 4) is 5.75 Å². The van der Waals surface area contributed by atoms with Gasteiger partial charge in [-0.15, -0.1) is 0 Å². The monoisotopic (exact) mass is 399 g/mol. The van der Waals surface area contributed by atoms with Gasteiger partial charge in [-0.05, 0) is 49.0 Å². The van der Waals surface area contributed by atoms with Crippen molar-refractivity contribution in [2.75, 3.05) is 26.0 Å². The molecule has 0 radical (unpaired) electrons. The highest BCUT2D eigenvalue weighted by molar-refractivity contribution is 7.80. The minimum Gasteiger partial charge on any atom is -0.493 e. The first kappa shape index (κ1) is 21.4. The third kappa shape index (κ3) is 6.06. The van der Waals surface area contributed by atoms with Crippen LogP contribution in [0.4, 0.5) is 5.69 Å². The number of carbonyl (C=O) groups is 2. The second-order valence-corrected chi connectivity index (χ2v) is 6.80. The van der Waals surface area contributed by atoms with Crippen molar-refractivity contribution < 1.29 is 14.3 Å². The van der Waals surface area contributed by atoms with Gasteiger partial charge in [0.25, 0.3) is 11.8 Å². The Morgan fingerprint density at radius 2 is 1.86 bits per heavy atom. The van der Waals surface area contributed by atoms with Crippen molar-refractivity contribution in [2.24, 2.45) is 0 Å². The van der Waals surface area contributed by atoms with Gasteiger partial charge in [-0.2, -0.15) is 0 Å². The lowest BCUT2D eigenvalue weighted by Crippen LogP contribution is -2.34. The van der Waals surface area contributed by atoms with E-state index in [2.05, 4.69) is 17.6 Å². The first-order valence-corrected chi connectivity index (χ1v) is 9.49. The van der Waals surface area contributed by atoms with E-state index >= 15 is 0 Å². The Labute approximate surface area is 170 Å². The van der Waals surface area contributed by atoms with Gasteiger partial charge in [0.1, 0.15) is 5.75 Å². The lowest BCUT2D eigenvalue weighted by atomic mass is 10.2. The molecule has 2 N–H and O–H groups in total. The third-order valence-electron chi connectivity index (χ3n) is 3.89. The Bertz CT molecular complexity index is 852. The zero-order valence-corrected chi connectivity index (χ0v) is 17.1. The van der Waals surface area contributed by atoms with Crippen LogP contribution in [-0.2, 0) is 0 Å². The molecule has 7 heteroatoms. The molecule has 0 aliphatic rings. The molecule has 0 bridgehead atoms. The zero-order valence-electron chi connectivity index (χ0n) is 16.3. The third-order valence-corrected chi connectivity index (χ3v) is 4.09. The molecule has 2 amide bonds. The standard InChI is InChI=1S/C21H25N3O3S/c1-4-5-13-27-18-12-7-6-11-17(18)19(25)23-21(28)22-16-10-8-9-15(14-16)20(26)24(2)3/h6-12,14H,4-5,13H2,1-3H3,(H2,22,23,25,28). The minimum absolute atomic E-state index is 0.114. The number of nitrogens with one attached hydrogen (secondary N) is 2. The smallest absolute Gasteiger partial charge is 0.261 e. The highest BCUT2D eigenvalue weighted by Gasteiger charge is 2.14. The Hall–Kier alpha value is -2.93. The molecular weight excluding hydrogens is 374 g/mol. The van der Waals surface area contributed by atoms with Crippen LogP contribution in [0.25, 0.3) is 0 Å². The summed E-state index contributed by atoms with van der Waals surface area (Å²) in [5, 5.41) is 5.73. The lowest BCUT2D eigenvalue weighted by Gasteiger charge is -2.14. The highest BCUT2D eigenvalue weighted by Crippen LogP contribution is 2.18. The molecule has 0 aliphatic carbocycles. The van der Waals surface area contributed by atoms with Crippen molar-refractivity contribution in [3.05, 3.63) is 59.7 Å². The molecule has 148 valence electrons. The first-order chi connectivity index (χ1) is 13.4. The van der Waals surface area contributed by atoms with E-state index in [9.17, 15) is 9.59 Å². The normalized spacial score (nSPS) is 10.1. The van der Waals surface area contributed by atoms with Gasteiger partial charge in [0.15, 0.2) is 5.11 Å². The van der Waals surface area contributed by atoms with Crippen molar-refractivity contribution in [2.45, 2.75) is 19.8 Å². The number of nitrogens with zero attached hydrogens (tertiary/aromatic N) is 1. The molecule has 2 aromatic carbocycles. The van der Waals surface area contributed by atoms with Crippen molar-refractivity contribution in [1.82, 2.24) is 10.2 Å². The second-order valence-electron chi connectivity index (χ2n) is 6.39. The van der Waals surface area contributed by atoms with E-state index in [4.69, 9.17) is 17.0 Å². The first-order valence-electron chi connectivity index (χ1n) is 9.08. The van der Waals surface area contributed by atoms with Crippen LogP contribution in [0.3, 0.4) is 0 Å². The maximum Gasteiger partial charge on any atom is 0.261 e. The molecule has 6 nitrogen and oxygen atoms in total. The molecular formula is C21H25N3O3S. The number of unbranched alkanes of at least 4 members (excludes halogenated alkanes) is 1. The Balaban J connectivity index is 2.03. The topological polar surface area (TPSA) is 70.7 Å². The number of rotatable bonds is 7. The number of hydrogen-bond donors (Lipinski definition) is 2. The van der Waals surface area contributed by atoms with Gasteiger partial charge in [0.2, 0.25) is 0 Å². The van der Waals surface area contributed by atoms with E-state index < -0.39 is 0 Å². The molecule has 0 heterocycles. The molecule has 0 fully saturated rings. The average molecular weight is 400 g/mol. The van der Waals surface area contributed by atoms with Gasteiger partial charge in [-0.1, -0.05) is 31.5 Å². The van der Waals surface area contributed by atoms with Crippen LogP contribution < -0.4 is 15.4 Å². The van der Waals surface area contributed by atoms with Crippen LogP contribution in [0.15, 0.2) is 48.5 Å². The molecule has 2 aromatic rings. The fourth-order valence-corrected chi connectivity index (χ4v) is 2.64. The van der Waals surface area contributed by atoms with Gasteiger partial charge in [0.05, 0.1) is 12.2 Å². The van der Waals surface area contributed by atoms with Crippen LogP contribution in [0.5, 0.6) is 5.75 Å². The number of para-hydroxylation sites is 1. The summed E-state index contributed by atoms with van der Waals surface area (Å²) < 4.78 is 5.70. The molecule has 28 heavy (non-hydrogen) atoms. The molecule has 2 rings (SSSR count). The van der Waals surface area contributed by atoms with E-state index in [-0.39, 0.29) is 16.9 Å². The molecule has 0 aromatic heterocycles. The number of thiocarbonyl (C=S) groups is 1. The molecule has 0 saturated carbocycles. The minimum atomic E-state index is -0.356. The van der Waals surface area contributed by atoms with Crippen molar-refractivity contribution >= 4 is 34.8 Å². The molecule has 0 aliphatic heterocycles. The summed E-state index contributed by atoms with van der Waals surface area (Å²) in [6, 6.07) is 14.0. The summed E-state index contributed by atoms with van der Waals surface area (Å²) in [6.07, 6.45) is 1.93. The van der Waals surface area contributed by atoms with Crippen LogP contribution in [0.1, 0.15) is 40.5 Å². The largest absolute Gasteiger partial charge is 0.493 e. The average Bonchev–Trinajstić information content (AvgIpc) is 2.68. The van der Waals surface area contributed by atoms with Gasteiger partial charge in [-0.25, -0.2) is 0 Å². The summed E-state index contributed by atoms with van der Waals surface area (Å²) in [7, 11) is 3.38. The Morgan fingerprint density at radius 1 is 1.11 bits per heavy atom. The van der Waals surface area contributed by atoms with Gasteiger partial charge < -0.3 is 15.0 Å². The number of amides is 2. The van der Waals surface area contributed by atoms with E-state index in [1.165, 1.54) is 4.90 Å². The molecule has 0 atom stereocenters. The predicted molar refractivity (Wildman–Crippen MR) is 115 cm³/mol. The van der Waals surface area contributed by atoms with Crippen LogP contribution >= 0.6 is 12.2 Å². The summed E-state index contributed by atoms with van der Waals surface area (Å²) in [5.74, 6) is 0.0525. The molecule has 0 saturated heterocycles. The van der Waals surface area contributed by atoms with E-state index in [0.717, 1.165) is 12.8 Å². The number of carbonyl (C=O) groups excluding carboxylic acids is 2. The fraction of sp³-hybridized carbons (Fsp3) is 0.286. The Morgan fingerprint density at radius 3 is 2.57 bits per heavy atom. The van der Waals surface area contributed by atoms with E-state index in [0.29, 0.717) is 29.2 Å².